The van der Waals surface area contributed by atoms with E-state index in [1.165, 1.54) is 25.0 Å². The second kappa shape index (κ2) is 8.99. The minimum Gasteiger partial charge on any atom is -0.471 e. The maximum Gasteiger partial charge on any atom is 0.261 e. The Balaban J connectivity index is 1.39. The molecule has 4 nitrogen and oxygen atoms in total. The fourth-order valence-electron chi connectivity index (χ4n) is 3.64. The van der Waals surface area contributed by atoms with Crippen LogP contribution in [0.5, 0.6) is 0 Å². The van der Waals surface area contributed by atoms with Crippen molar-refractivity contribution in [2.75, 3.05) is 18.5 Å². The van der Waals surface area contributed by atoms with E-state index in [0.717, 1.165) is 25.1 Å². The maximum atomic E-state index is 12.6. The van der Waals surface area contributed by atoms with E-state index in [2.05, 4.69) is 11.4 Å². The van der Waals surface area contributed by atoms with Gasteiger partial charge in [-0.05, 0) is 68.8 Å². The van der Waals surface area contributed by atoms with E-state index in [-0.39, 0.29) is 5.91 Å². The van der Waals surface area contributed by atoms with Crippen LogP contribution < -0.4 is 5.32 Å². The van der Waals surface area contributed by atoms with Gasteiger partial charge in [0.15, 0.2) is 0 Å². The molecule has 1 saturated heterocycles. The summed E-state index contributed by atoms with van der Waals surface area (Å²) in [5.74, 6) is 0.828. The fourth-order valence-corrected chi connectivity index (χ4v) is 3.84. The van der Waals surface area contributed by atoms with Crippen molar-refractivity contribution in [3.05, 3.63) is 42.1 Å². The molecule has 1 aliphatic heterocycles. The second-order valence-electron chi connectivity index (χ2n) is 6.67. The zero-order valence-electron chi connectivity index (χ0n) is 14.6. The first-order valence-electron chi connectivity index (χ1n) is 9.23. The summed E-state index contributed by atoms with van der Waals surface area (Å²) in [6.07, 6.45) is 9.43. The van der Waals surface area contributed by atoms with Gasteiger partial charge in [-0.2, -0.15) is 0 Å². The lowest BCUT2D eigenvalue weighted by Crippen LogP contribution is -2.39. The molecule has 0 radical (unpaired) electrons. The van der Waals surface area contributed by atoms with Crippen LogP contribution in [0.3, 0.4) is 0 Å². The van der Waals surface area contributed by atoms with E-state index in [4.69, 9.17) is 17.0 Å². The summed E-state index contributed by atoms with van der Waals surface area (Å²) >= 11 is 5.18. The Morgan fingerprint density at radius 3 is 2.88 bits per heavy atom. The van der Waals surface area contributed by atoms with Gasteiger partial charge < -0.3 is 15.0 Å². The second-order valence-corrected chi connectivity index (χ2v) is 7.05. The molecular weight excluding hydrogens is 332 g/mol. The lowest BCUT2D eigenvalue weighted by atomic mass is 9.85. The number of ether oxygens (including phenoxy) is 1. The smallest absolute Gasteiger partial charge is 0.261 e. The number of para-hydroxylation sites is 1. The Bertz CT molecular complexity index is 630. The molecule has 0 bridgehead atoms. The number of carbonyl (C=O) groups excluding carboxylic acids is 1. The van der Waals surface area contributed by atoms with Gasteiger partial charge in [0.2, 0.25) is 5.91 Å². The van der Waals surface area contributed by atoms with E-state index in [0.29, 0.717) is 30.5 Å². The molecule has 0 aromatic heterocycles. The van der Waals surface area contributed by atoms with Gasteiger partial charge in [0.1, 0.15) is 0 Å². The first-order valence-corrected chi connectivity index (χ1v) is 9.64. The van der Waals surface area contributed by atoms with E-state index in [9.17, 15) is 4.79 Å². The minimum absolute atomic E-state index is 0.225. The van der Waals surface area contributed by atoms with Gasteiger partial charge in [0, 0.05) is 24.4 Å². The predicted octanol–water partition coefficient (Wildman–Crippen LogP) is 4.49. The quantitative estimate of drug-likeness (QED) is 0.622. The zero-order chi connectivity index (χ0) is 17.5. The van der Waals surface area contributed by atoms with Crippen molar-refractivity contribution >= 4 is 29.0 Å². The van der Waals surface area contributed by atoms with Gasteiger partial charge in [-0.3, -0.25) is 4.79 Å². The average Bonchev–Trinajstić information content (AvgIpc) is 2.65. The number of nitrogens with one attached hydrogen (secondary N) is 1. The van der Waals surface area contributed by atoms with Crippen molar-refractivity contribution in [3.63, 3.8) is 0 Å². The molecule has 1 aromatic carbocycles. The third-order valence-electron chi connectivity index (χ3n) is 4.86. The molecule has 1 N–H and O–H groups in total. The number of hydrogen-bond donors (Lipinski definition) is 1. The maximum absolute atomic E-state index is 12.6. The SMILES string of the molecule is O=C(CCCOC(=S)Nc1ccccc1)N1CCCC2CCCC=C21. The van der Waals surface area contributed by atoms with Crippen LogP contribution in [-0.2, 0) is 9.53 Å². The molecule has 0 spiro atoms. The lowest BCUT2D eigenvalue weighted by Gasteiger charge is -2.38. The summed E-state index contributed by atoms with van der Waals surface area (Å²) in [4.78, 5) is 14.6. The first-order chi connectivity index (χ1) is 12.2. The summed E-state index contributed by atoms with van der Waals surface area (Å²) in [6.45, 7) is 1.33. The Labute approximate surface area is 155 Å². The number of amides is 1. The third-order valence-corrected chi connectivity index (χ3v) is 5.08. The Morgan fingerprint density at radius 1 is 1.24 bits per heavy atom. The number of fused-ring (bicyclic) bond motifs is 1. The number of anilines is 1. The molecule has 1 aliphatic carbocycles. The number of piperidine rings is 1. The number of carbonyl (C=O) groups is 1. The van der Waals surface area contributed by atoms with Crippen LogP contribution in [0.2, 0.25) is 0 Å². The Morgan fingerprint density at radius 2 is 2.04 bits per heavy atom. The molecule has 1 atom stereocenters. The predicted molar refractivity (Wildman–Crippen MR) is 104 cm³/mol. The molecule has 1 aromatic rings. The number of allylic oxidation sites excluding steroid dienone is 2. The highest BCUT2D eigenvalue weighted by atomic mass is 32.1. The highest BCUT2D eigenvalue weighted by Crippen LogP contribution is 2.35. The molecule has 0 saturated carbocycles. The van der Waals surface area contributed by atoms with Crippen molar-refractivity contribution in [2.45, 2.75) is 44.9 Å². The Kier molecular flexibility index (Phi) is 6.45. The fraction of sp³-hybridized carbons (Fsp3) is 0.500. The normalized spacial score (nSPS) is 19.6. The first kappa shape index (κ1) is 17.9. The van der Waals surface area contributed by atoms with E-state index in [1.54, 1.807) is 0 Å². The topological polar surface area (TPSA) is 41.6 Å². The summed E-state index contributed by atoms with van der Waals surface area (Å²) < 4.78 is 5.53. The van der Waals surface area contributed by atoms with E-state index in [1.807, 2.05) is 35.2 Å². The molecule has 1 unspecified atom stereocenters. The standard InChI is InChI=1S/C20H26N2O2S/c23-19(22-14-6-9-16-8-4-5-12-18(16)22)13-7-15-24-20(25)21-17-10-2-1-3-11-17/h1-3,10-12,16H,4-9,13-15H2,(H,21,25). The van der Waals surface area contributed by atoms with Crippen LogP contribution in [0.25, 0.3) is 0 Å². The van der Waals surface area contributed by atoms with Crippen LogP contribution >= 0.6 is 12.2 Å². The lowest BCUT2D eigenvalue weighted by molar-refractivity contribution is -0.130. The molecule has 1 amide bonds. The van der Waals surface area contributed by atoms with Gasteiger partial charge in [-0.25, -0.2) is 0 Å². The number of nitrogens with zero attached hydrogens (tertiary/aromatic N) is 1. The molecule has 2 aliphatic rings. The van der Waals surface area contributed by atoms with E-state index < -0.39 is 0 Å². The van der Waals surface area contributed by atoms with E-state index >= 15 is 0 Å². The van der Waals surface area contributed by atoms with Crippen molar-refractivity contribution in [2.24, 2.45) is 5.92 Å². The van der Waals surface area contributed by atoms with Crippen LogP contribution in [0.4, 0.5) is 5.69 Å². The molecule has 134 valence electrons. The van der Waals surface area contributed by atoms with Gasteiger partial charge in [0.25, 0.3) is 5.17 Å². The van der Waals surface area contributed by atoms with Crippen molar-refractivity contribution in [3.8, 4) is 0 Å². The highest BCUT2D eigenvalue weighted by molar-refractivity contribution is 7.80. The van der Waals surface area contributed by atoms with Gasteiger partial charge in [-0.1, -0.05) is 24.3 Å². The highest BCUT2D eigenvalue weighted by Gasteiger charge is 2.29. The van der Waals surface area contributed by atoms with Crippen LogP contribution in [0, 0.1) is 5.92 Å². The molecule has 1 heterocycles. The summed E-state index contributed by atoms with van der Waals surface area (Å²) in [5, 5.41) is 3.39. The summed E-state index contributed by atoms with van der Waals surface area (Å²) in [6, 6.07) is 9.70. The monoisotopic (exact) mass is 358 g/mol. The number of hydrogen-bond acceptors (Lipinski definition) is 3. The third kappa shape index (κ3) is 5.05. The van der Waals surface area contributed by atoms with Gasteiger partial charge in [0.05, 0.1) is 6.61 Å². The van der Waals surface area contributed by atoms with Crippen molar-refractivity contribution in [1.29, 1.82) is 0 Å². The Hall–Kier alpha value is -1.88. The number of thiocarbonyl (C=S) groups is 1. The van der Waals surface area contributed by atoms with Crippen LogP contribution in [0.1, 0.15) is 44.9 Å². The molecule has 25 heavy (non-hydrogen) atoms. The largest absolute Gasteiger partial charge is 0.471 e. The molecule has 3 rings (SSSR count). The average molecular weight is 359 g/mol. The van der Waals surface area contributed by atoms with Crippen molar-refractivity contribution < 1.29 is 9.53 Å². The number of likely N-dealkylation sites (tertiary alicyclic amines) is 1. The summed E-state index contributed by atoms with van der Waals surface area (Å²) in [5.41, 5.74) is 2.19. The van der Waals surface area contributed by atoms with Crippen molar-refractivity contribution in [1.82, 2.24) is 4.90 Å². The summed E-state index contributed by atoms with van der Waals surface area (Å²) in [7, 11) is 0. The molecular formula is C20H26N2O2S. The van der Waals surface area contributed by atoms with Gasteiger partial charge >= 0.3 is 0 Å². The molecule has 1 fully saturated rings. The minimum atomic E-state index is 0.225. The van der Waals surface area contributed by atoms with Gasteiger partial charge in [-0.15, -0.1) is 0 Å². The number of rotatable bonds is 5. The van der Waals surface area contributed by atoms with Crippen LogP contribution in [-0.4, -0.2) is 29.1 Å². The zero-order valence-corrected chi connectivity index (χ0v) is 15.4. The molecule has 5 heteroatoms. The van der Waals surface area contributed by atoms with Crippen LogP contribution in [0.15, 0.2) is 42.1 Å². The number of benzene rings is 1.